The van der Waals surface area contributed by atoms with Crippen LogP contribution in [0.1, 0.15) is 11.1 Å². The van der Waals surface area contributed by atoms with Crippen molar-refractivity contribution in [1.29, 1.82) is 0 Å². The molecule has 2 rings (SSSR count). The highest BCUT2D eigenvalue weighted by Gasteiger charge is 2.15. The molecule has 110 valence electrons. The minimum Gasteiger partial charge on any atom is -0.456 e. The van der Waals surface area contributed by atoms with Crippen molar-refractivity contribution < 1.29 is 9.66 Å². The van der Waals surface area contributed by atoms with Crippen LogP contribution in [0.25, 0.3) is 0 Å². The average molecular weight is 351 g/mol. The third-order valence-electron chi connectivity index (χ3n) is 2.95. The van der Waals surface area contributed by atoms with Crippen LogP contribution in [0.5, 0.6) is 11.5 Å². The minimum atomic E-state index is -0.405. The Labute approximate surface area is 131 Å². The second-order valence-corrected chi connectivity index (χ2v) is 5.46. The molecule has 2 aromatic rings. The molecule has 5 nitrogen and oxygen atoms in total. The Morgan fingerprint density at radius 3 is 2.76 bits per heavy atom. The van der Waals surface area contributed by atoms with Gasteiger partial charge in [0.2, 0.25) is 0 Å². The molecule has 0 aromatic heterocycles. The average Bonchev–Trinajstić information content (AvgIpc) is 2.43. The van der Waals surface area contributed by atoms with Gasteiger partial charge in [-0.1, -0.05) is 12.1 Å². The second-order valence-electron chi connectivity index (χ2n) is 4.61. The van der Waals surface area contributed by atoms with E-state index in [0.717, 1.165) is 12.1 Å². The zero-order valence-electron chi connectivity index (χ0n) is 11.7. The Bertz CT molecular complexity index is 674. The maximum atomic E-state index is 10.9. The number of hydrogen-bond donors (Lipinski definition) is 1. The van der Waals surface area contributed by atoms with Gasteiger partial charge in [-0.15, -0.1) is 0 Å². The first-order valence-electron chi connectivity index (χ1n) is 6.37. The monoisotopic (exact) mass is 350 g/mol. The molecular formula is C15H15BrN2O3. The molecule has 0 saturated heterocycles. The third-order valence-corrected chi connectivity index (χ3v) is 3.57. The van der Waals surface area contributed by atoms with Crippen LogP contribution in [-0.2, 0) is 6.54 Å². The van der Waals surface area contributed by atoms with Crippen molar-refractivity contribution in [2.75, 3.05) is 7.05 Å². The Kier molecular flexibility index (Phi) is 4.93. The highest BCUT2D eigenvalue weighted by molar-refractivity contribution is 9.10. The number of hydrogen-bond acceptors (Lipinski definition) is 4. The molecule has 0 aliphatic rings. The number of nitro benzene ring substituents is 1. The first-order chi connectivity index (χ1) is 10.0. The number of rotatable bonds is 5. The summed E-state index contributed by atoms with van der Waals surface area (Å²) < 4.78 is 6.37. The summed E-state index contributed by atoms with van der Waals surface area (Å²) in [7, 11) is 1.88. The summed E-state index contributed by atoms with van der Waals surface area (Å²) in [4.78, 5) is 10.5. The van der Waals surface area contributed by atoms with E-state index in [1.165, 1.54) is 6.07 Å². The van der Waals surface area contributed by atoms with Crippen LogP contribution in [0, 0.1) is 17.0 Å². The van der Waals surface area contributed by atoms with Gasteiger partial charge < -0.3 is 10.1 Å². The van der Waals surface area contributed by atoms with Crippen LogP contribution in [0.4, 0.5) is 5.69 Å². The second kappa shape index (κ2) is 6.69. The molecule has 0 amide bonds. The SMILES string of the molecule is CNCc1cccc(Oc2cc(C)c([N+](=O)[O-])cc2Br)c1. The zero-order valence-corrected chi connectivity index (χ0v) is 13.3. The Balaban J connectivity index is 2.29. The molecule has 6 heteroatoms. The molecule has 0 aliphatic heterocycles. The predicted molar refractivity (Wildman–Crippen MR) is 84.8 cm³/mol. The maximum absolute atomic E-state index is 10.9. The van der Waals surface area contributed by atoms with Crippen molar-refractivity contribution in [3.63, 3.8) is 0 Å². The highest BCUT2D eigenvalue weighted by Crippen LogP contribution is 2.35. The van der Waals surface area contributed by atoms with Gasteiger partial charge in [0.1, 0.15) is 11.5 Å². The summed E-state index contributed by atoms with van der Waals surface area (Å²) >= 11 is 3.31. The summed E-state index contributed by atoms with van der Waals surface area (Å²) in [5.41, 5.74) is 1.73. The normalized spacial score (nSPS) is 10.4. The molecule has 0 radical (unpaired) electrons. The molecule has 0 spiro atoms. The maximum Gasteiger partial charge on any atom is 0.273 e. The molecule has 0 bridgehead atoms. The molecule has 0 fully saturated rings. The van der Waals surface area contributed by atoms with Crippen molar-refractivity contribution in [1.82, 2.24) is 5.32 Å². The molecule has 0 saturated carbocycles. The molecule has 0 unspecified atom stereocenters. The van der Waals surface area contributed by atoms with Gasteiger partial charge in [-0.2, -0.15) is 0 Å². The summed E-state index contributed by atoms with van der Waals surface area (Å²) in [5, 5.41) is 14.0. The van der Waals surface area contributed by atoms with Crippen LogP contribution < -0.4 is 10.1 Å². The van der Waals surface area contributed by atoms with E-state index in [0.29, 0.717) is 21.5 Å². The van der Waals surface area contributed by atoms with Crippen LogP contribution in [0.15, 0.2) is 40.9 Å². The fourth-order valence-electron chi connectivity index (χ4n) is 1.97. The van der Waals surface area contributed by atoms with E-state index in [4.69, 9.17) is 4.74 Å². The quantitative estimate of drug-likeness (QED) is 0.648. The number of aryl methyl sites for hydroxylation is 1. The van der Waals surface area contributed by atoms with Crippen LogP contribution in [0.2, 0.25) is 0 Å². The zero-order chi connectivity index (χ0) is 15.4. The number of nitrogens with zero attached hydrogens (tertiary/aromatic N) is 1. The topological polar surface area (TPSA) is 64.4 Å². The molecule has 0 atom stereocenters. The number of nitro groups is 1. The van der Waals surface area contributed by atoms with Gasteiger partial charge in [0.15, 0.2) is 0 Å². The first-order valence-corrected chi connectivity index (χ1v) is 7.16. The number of halogens is 1. The molecule has 0 heterocycles. The molecular weight excluding hydrogens is 336 g/mol. The van der Waals surface area contributed by atoms with E-state index < -0.39 is 4.92 Å². The van der Waals surface area contributed by atoms with Gasteiger partial charge in [0.05, 0.1) is 9.40 Å². The number of ether oxygens (including phenoxy) is 1. The van der Waals surface area contributed by atoms with Gasteiger partial charge in [-0.25, -0.2) is 0 Å². The van der Waals surface area contributed by atoms with Crippen molar-refractivity contribution in [3.8, 4) is 11.5 Å². The van der Waals surface area contributed by atoms with Crippen molar-refractivity contribution in [2.45, 2.75) is 13.5 Å². The standard InChI is InChI=1S/C15H15BrN2O3/c1-10-6-15(13(16)8-14(10)18(19)20)21-12-5-3-4-11(7-12)9-17-2/h3-8,17H,9H2,1-2H3. The van der Waals surface area contributed by atoms with E-state index in [2.05, 4.69) is 21.2 Å². The van der Waals surface area contributed by atoms with Gasteiger partial charge in [0, 0.05) is 18.2 Å². The van der Waals surface area contributed by atoms with Gasteiger partial charge >= 0.3 is 0 Å². The van der Waals surface area contributed by atoms with Crippen molar-refractivity contribution in [3.05, 3.63) is 62.1 Å². The predicted octanol–water partition coefficient (Wildman–Crippen LogP) is 4.18. The van der Waals surface area contributed by atoms with E-state index in [9.17, 15) is 10.1 Å². The number of benzene rings is 2. The van der Waals surface area contributed by atoms with E-state index >= 15 is 0 Å². The minimum absolute atomic E-state index is 0.0677. The highest BCUT2D eigenvalue weighted by atomic mass is 79.9. The smallest absolute Gasteiger partial charge is 0.273 e. The van der Waals surface area contributed by atoms with Gasteiger partial charge in [0.25, 0.3) is 5.69 Å². The van der Waals surface area contributed by atoms with Crippen molar-refractivity contribution >= 4 is 21.6 Å². The third kappa shape index (κ3) is 3.80. The van der Waals surface area contributed by atoms with Crippen LogP contribution in [-0.4, -0.2) is 12.0 Å². The lowest BCUT2D eigenvalue weighted by atomic mass is 10.2. The Morgan fingerprint density at radius 2 is 2.10 bits per heavy atom. The van der Waals surface area contributed by atoms with Crippen LogP contribution in [0.3, 0.4) is 0 Å². The fourth-order valence-corrected chi connectivity index (χ4v) is 2.38. The Morgan fingerprint density at radius 1 is 1.33 bits per heavy atom. The summed E-state index contributed by atoms with van der Waals surface area (Å²) in [5.74, 6) is 1.25. The molecule has 2 aromatic carbocycles. The fraction of sp³-hybridized carbons (Fsp3) is 0.200. The summed E-state index contributed by atoms with van der Waals surface area (Å²) in [6, 6.07) is 10.8. The van der Waals surface area contributed by atoms with Crippen molar-refractivity contribution in [2.24, 2.45) is 0 Å². The lowest BCUT2D eigenvalue weighted by Gasteiger charge is -2.10. The first kappa shape index (κ1) is 15.5. The molecule has 0 aliphatic carbocycles. The summed E-state index contributed by atoms with van der Waals surface area (Å²) in [6.07, 6.45) is 0. The van der Waals surface area contributed by atoms with E-state index in [1.807, 2.05) is 31.3 Å². The van der Waals surface area contributed by atoms with E-state index in [-0.39, 0.29) is 5.69 Å². The molecule has 21 heavy (non-hydrogen) atoms. The largest absolute Gasteiger partial charge is 0.456 e. The lowest BCUT2D eigenvalue weighted by Crippen LogP contribution is -2.04. The van der Waals surface area contributed by atoms with Crippen LogP contribution >= 0.6 is 15.9 Å². The van der Waals surface area contributed by atoms with E-state index in [1.54, 1.807) is 13.0 Å². The van der Waals surface area contributed by atoms with Gasteiger partial charge in [-0.3, -0.25) is 10.1 Å². The summed E-state index contributed by atoms with van der Waals surface area (Å²) in [6.45, 7) is 2.44. The van der Waals surface area contributed by atoms with Gasteiger partial charge in [-0.05, 0) is 53.7 Å². The number of nitrogens with one attached hydrogen (secondary N) is 1. The lowest BCUT2D eigenvalue weighted by molar-refractivity contribution is -0.385. The Hall–Kier alpha value is -1.92. The molecule has 1 N–H and O–H groups in total.